The summed E-state index contributed by atoms with van der Waals surface area (Å²) in [4.78, 5) is 24.0. The van der Waals surface area contributed by atoms with Gasteiger partial charge in [0.2, 0.25) is 9.70 Å². The van der Waals surface area contributed by atoms with E-state index < -0.39 is 15.9 Å². The van der Waals surface area contributed by atoms with Crippen LogP contribution in [-0.2, 0) is 9.53 Å². The highest BCUT2D eigenvalue weighted by Gasteiger charge is 2.34. The van der Waals surface area contributed by atoms with Crippen molar-refractivity contribution >= 4 is 69.7 Å². The van der Waals surface area contributed by atoms with Gasteiger partial charge in [0.15, 0.2) is 5.11 Å². The van der Waals surface area contributed by atoms with Crippen molar-refractivity contribution in [3.63, 3.8) is 0 Å². The van der Waals surface area contributed by atoms with Crippen LogP contribution in [-0.4, -0.2) is 33.6 Å². The van der Waals surface area contributed by atoms with E-state index in [1.165, 1.54) is 0 Å². The summed E-state index contributed by atoms with van der Waals surface area (Å²) in [6.07, 6.45) is 0.834. The third-order valence-corrected chi connectivity index (χ3v) is 4.21. The molecular weight excluding hydrogens is 433 g/mol. The Labute approximate surface area is 179 Å². The molecule has 0 aromatic heterocycles. The Morgan fingerprint density at radius 1 is 1.19 bits per heavy atom. The van der Waals surface area contributed by atoms with Crippen molar-refractivity contribution in [2.75, 3.05) is 11.9 Å². The molecule has 0 aliphatic rings. The zero-order valence-electron chi connectivity index (χ0n) is 15.0. The van der Waals surface area contributed by atoms with E-state index in [0.717, 1.165) is 6.42 Å². The van der Waals surface area contributed by atoms with Crippen LogP contribution >= 0.6 is 47.0 Å². The Morgan fingerprint density at radius 2 is 1.85 bits per heavy atom. The van der Waals surface area contributed by atoms with Crippen LogP contribution in [0.1, 0.15) is 43.5 Å². The number of carbonyl (C=O) groups excluding carboxylic acids is 2. The summed E-state index contributed by atoms with van der Waals surface area (Å²) < 4.78 is 3.17. The summed E-state index contributed by atoms with van der Waals surface area (Å²) in [7, 11) is 0. The number of alkyl halides is 3. The van der Waals surface area contributed by atoms with Crippen molar-refractivity contribution in [1.82, 2.24) is 10.6 Å². The number of hydrogen-bond acceptors (Lipinski definition) is 4. The summed E-state index contributed by atoms with van der Waals surface area (Å²) >= 11 is 23.0. The first-order valence-electron chi connectivity index (χ1n) is 8.38. The number of benzene rings is 1. The highest BCUT2D eigenvalue weighted by atomic mass is 35.6. The molecule has 1 amide bonds. The number of amides is 1. The molecule has 0 aliphatic heterocycles. The van der Waals surface area contributed by atoms with Crippen molar-refractivity contribution < 1.29 is 14.3 Å². The van der Waals surface area contributed by atoms with Gasteiger partial charge in [-0.25, -0.2) is 4.79 Å². The van der Waals surface area contributed by atoms with Crippen LogP contribution in [0.3, 0.4) is 0 Å². The van der Waals surface area contributed by atoms with Crippen molar-refractivity contribution in [3.05, 3.63) is 29.8 Å². The fraction of sp³-hybridized carbons (Fsp3) is 0.471. The van der Waals surface area contributed by atoms with E-state index in [1.54, 1.807) is 31.2 Å². The summed E-state index contributed by atoms with van der Waals surface area (Å²) in [6, 6.07) is 6.69. The fourth-order valence-corrected chi connectivity index (χ4v) is 2.59. The van der Waals surface area contributed by atoms with Gasteiger partial charge in [-0.05, 0) is 37.7 Å². The second-order valence-corrected chi connectivity index (χ2v) is 8.29. The summed E-state index contributed by atoms with van der Waals surface area (Å²) in [5.41, 5.74) is 0.731. The first kappa shape index (κ1) is 23.8. The van der Waals surface area contributed by atoms with Gasteiger partial charge in [0, 0.05) is 6.42 Å². The molecule has 1 unspecified atom stereocenters. The van der Waals surface area contributed by atoms with Crippen molar-refractivity contribution in [3.8, 4) is 0 Å². The lowest BCUT2D eigenvalue weighted by molar-refractivity contribution is -0.122. The number of hydrogen-bond donors (Lipinski definition) is 3. The first-order valence-corrected chi connectivity index (χ1v) is 9.93. The number of anilines is 1. The van der Waals surface area contributed by atoms with Crippen LogP contribution in [0.5, 0.6) is 0 Å². The van der Waals surface area contributed by atoms with E-state index >= 15 is 0 Å². The molecule has 0 aliphatic carbocycles. The Balaban J connectivity index is 2.83. The Kier molecular flexibility index (Phi) is 10.2. The maximum absolute atomic E-state index is 12.0. The highest BCUT2D eigenvalue weighted by molar-refractivity contribution is 7.80. The van der Waals surface area contributed by atoms with Crippen LogP contribution in [0.2, 0.25) is 0 Å². The van der Waals surface area contributed by atoms with E-state index in [1.807, 2.05) is 6.92 Å². The summed E-state index contributed by atoms with van der Waals surface area (Å²) in [5.74, 6) is -0.760. The molecule has 0 saturated heterocycles. The van der Waals surface area contributed by atoms with Gasteiger partial charge in [-0.2, -0.15) is 0 Å². The van der Waals surface area contributed by atoms with Gasteiger partial charge in [0.25, 0.3) is 0 Å². The van der Waals surface area contributed by atoms with Crippen LogP contribution in [0, 0.1) is 0 Å². The molecule has 10 heteroatoms. The topological polar surface area (TPSA) is 79.5 Å². The predicted molar refractivity (Wildman–Crippen MR) is 114 cm³/mol. The maximum atomic E-state index is 12.0. The fourth-order valence-electron chi connectivity index (χ4n) is 2.04. The van der Waals surface area contributed by atoms with Crippen molar-refractivity contribution in [1.29, 1.82) is 0 Å². The SMILES string of the molecule is CCCCC(=O)NC(NC(=S)Nc1ccccc1C(=O)OCC)C(Cl)(Cl)Cl. The molecule has 1 rings (SSSR count). The zero-order chi connectivity index (χ0) is 20.4. The lowest BCUT2D eigenvalue weighted by Gasteiger charge is -2.28. The van der Waals surface area contributed by atoms with E-state index in [9.17, 15) is 9.59 Å². The lowest BCUT2D eigenvalue weighted by Crippen LogP contribution is -2.56. The Morgan fingerprint density at radius 3 is 2.44 bits per heavy atom. The molecule has 150 valence electrons. The van der Waals surface area contributed by atoms with Gasteiger partial charge >= 0.3 is 5.97 Å². The van der Waals surface area contributed by atoms with Crippen LogP contribution in [0.15, 0.2) is 24.3 Å². The average molecular weight is 455 g/mol. The molecule has 1 aromatic carbocycles. The number of rotatable bonds is 8. The Hall–Kier alpha value is -1.28. The molecule has 6 nitrogen and oxygen atoms in total. The molecule has 0 bridgehead atoms. The number of halogens is 3. The van der Waals surface area contributed by atoms with E-state index in [0.29, 0.717) is 24.1 Å². The standard InChI is InChI=1S/C17H22Cl3N3O3S/c1-3-5-10-13(24)22-15(17(18,19)20)23-16(27)21-12-9-7-6-8-11(12)14(25)26-4-2/h6-9,15H,3-5,10H2,1-2H3,(H,22,24)(H2,21,23,27). The molecule has 0 fully saturated rings. The number of nitrogens with one attached hydrogen (secondary N) is 3. The summed E-state index contributed by atoms with van der Waals surface area (Å²) in [5, 5.41) is 8.28. The smallest absolute Gasteiger partial charge is 0.340 e. The molecule has 3 N–H and O–H groups in total. The molecule has 0 spiro atoms. The second-order valence-electron chi connectivity index (χ2n) is 5.51. The van der Waals surface area contributed by atoms with Crippen LogP contribution < -0.4 is 16.0 Å². The summed E-state index contributed by atoms with van der Waals surface area (Å²) in [6.45, 7) is 3.93. The predicted octanol–water partition coefficient (Wildman–Crippen LogP) is 4.15. The lowest BCUT2D eigenvalue weighted by atomic mass is 10.2. The monoisotopic (exact) mass is 453 g/mol. The minimum atomic E-state index is -1.84. The first-order chi connectivity index (χ1) is 12.7. The molecule has 0 radical (unpaired) electrons. The second kappa shape index (κ2) is 11.5. The number of ether oxygens (including phenoxy) is 1. The zero-order valence-corrected chi connectivity index (χ0v) is 18.1. The average Bonchev–Trinajstić information content (AvgIpc) is 2.59. The largest absolute Gasteiger partial charge is 0.462 e. The van der Waals surface area contributed by atoms with Crippen molar-refractivity contribution in [2.24, 2.45) is 0 Å². The molecule has 27 heavy (non-hydrogen) atoms. The van der Waals surface area contributed by atoms with Gasteiger partial charge < -0.3 is 20.7 Å². The quantitative estimate of drug-likeness (QED) is 0.237. The maximum Gasteiger partial charge on any atom is 0.340 e. The van der Waals surface area contributed by atoms with E-state index in [2.05, 4.69) is 16.0 Å². The van der Waals surface area contributed by atoms with Crippen LogP contribution in [0.4, 0.5) is 5.69 Å². The number of para-hydroxylation sites is 1. The number of esters is 1. The van der Waals surface area contributed by atoms with Crippen LogP contribution in [0.25, 0.3) is 0 Å². The van der Waals surface area contributed by atoms with Gasteiger partial charge in [0.05, 0.1) is 17.9 Å². The number of thiocarbonyl (C=S) groups is 1. The molecular formula is C17H22Cl3N3O3S. The Bertz CT molecular complexity index is 668. The molecule has 0 heterocycles. The molecule has 1 aromatic rings. The third kappa shape index (κ3) is 8.51. The minimum Gasteiger partial charge on any atom is -0.462 e. The minimum absolute atomic E-state index is 0.0684. The number of carbonyl (C=O) groups is 2. The third-order valence-electron chi connectivity index (χ3n) is 3.34. The van der Waals surface area contributed by atoms with E-state index in [-0.39, 0.29) is 17.6 Å². The normalized spacial score (nSPS) is 12.0. The van der Waals surface area contributed by atoms with Gasteiger partial charge in [0.1, 0.15) is 6.17 Å². The highest BCUT2D eigenvalue weighted by Crippen LogP contribution is 2.29. The van der Waals surface area contributed by atoms with Crippen molar-refractivity contribution in [2.45, 2.75) is 43.1 Å². The molecule has 1 atom stereocenters. The van der Waals surface area contributed by atoms with Gasteiger partial charge in [-0.1, -0.05) is 60.3 Å². The van der Waals surface area contributed by atoms with Gasteiger partial charge in [-0.3, -0.25) is 4.79 Å². The molecule has 0 saturated carbocycles. The van der Waals surface area contributed by atoms with Gasteiger partial charge in [-0.15, -0.1) is 0 Å². The van der Waals surface area contributed by atoms with E-state index in [4.69, 9.17) is 51.8 Å². The number of unbranched alkanes of at least 4 members (excludes halogenated alkanes) is 1.